The first-order valence-electron chi connectivity index (χ1n) is 10.8. The number of hydrogen-bond donors (Lipinski definition) is 0. The Labute approximate surface area is 200 Å². The third kappa shape index (κ3) is 4.63. The van der Waals surface area contributed by atoms with Gasteiger partial charge in [0.25, 0.3) is 5.56 Å². The summed E-state index contributed by atoms with van der Waals surface area (Å²) in [5.74, 6) is -0.577. The summed E-state index contributed by atoms with van der Waals surface area (Å²) in [6.07, 6.45) is 1.83. The topological polar surface area (TPSA) is 87.0 Å². The van der Waals surface area contributed by atoms with E-state index in [0.717, 1.165) is 11.1 Å². The van der Waals surface area contributed by atoms with E-state index in [2.05, 4.69) is 4.99 Å². The Morgan fingerprint density at radius 1 is 1.09 bits per heavy atom. The fraction of sp³-hybridized carbons (Fsp3) is 0.231. The highest BCUT2D eigenvalue weighted by atomic mass is 32.1. The fourth-order valence-corrected chi connectivity index (χ4v) is 4.85. The van der Waals surface area contributed by atoms with Gasteiger partial charge in [0.05, 0.1) is 28.5 Å². The molecule has 0 amide bonds. The maximum Gasteiger partial charge on any atom is 0.338 e. The summed E-state index contributed by atoms with van der Waals surface area (Å²) in [5, 5.41) is 0. The molecule has 2 heterocycles. The predicted molar refractivity (Wildman–Crippen MR) is 129 cm³/mol. The fourth-order valence-electron chi connectivity index (χ4n) is 3.81. The van der Waals surface area contributed by atoms with Crippen molar-refractivity contribution in [1.82, 2.24) is 4.57 Å². The summed E-state index contributed by atoms with van der Waals surface area (Å²) >= 11 is 1.27. The van der Waals surface area contributed by atoms with Crippen molar-refractivity contribution in [1.29, 1.82) is 0 Å². The molecule has 1 aromatic heterocycles. The molecule has 1 unspecified atom stereocenters. The van der Waals surface area contributed by atoms with Crippen LogP contribution in [0.5, 0.6) is 5.75 Å². The van der Waals surface area contributed by atoms with Crippen LogP contribution in [-0.4, -0.2) is 23.1 Å². The predicted octanol–water partition coefficient (Wildman–Crippen LogP) is 3.03. The molecule has 1 aliphatic heterocycles. The summed E-state index contributed by atoms with van der Waals surface area (Å²) in [5.41, 5.74) is 3.26. The second-order valence-electron chi connectivity index (χ2n) is 7.88. The van der Waals surface area contributed by atoms with Gasteiger partial charge < -0.3 is 9.47 Å². The number of thiazole rings is 1. The number of benzene rings is 2. The van der Waals surface area contributed by atoms with Crippen molar-refractivity contribution in [3.05, 3.63) is 96.2 Å². The van der Waals surface area contributed by atoms with Gasteiger partial charge in [-0.3, -0.25) is 14.2 Å². The Bertz CT molecular complexity index is 1460. The molecular formula is C26H24N2O5S. The van der Waals surface area contributed by atoms with Gasteiger partial charge in [-0.05, 0) is 50.1 Å². The molecular weight excluding hydrogens is 452 g/mol. The number of ether oxygens (including phenoxy) is 2. The highest BCUT2D eigenvalue weighted by molar-refractivity contribution is 7.07. The third-order valence-electron chi connectivity index (χ3n) is 5.35. The standard InChI is InChI=1S/C26H24N2O5S/c1-5-32-25(31)22-16(3)27-26-28(23(22)19-10-12-20(13-11-19)33-17(4)29)24(30)21(34-26)14-18-8-6-15(2)7-9-18/h6-14,23H,5H2,1-4H3/b21-14-. The van der Waals surface area contributed by atoms with Gasteiger partial charge in [-0.2, -0.15) is 0 Å². The molecule has 0 bridgehead atoms. The van der Waals surface area contributed by atoms with Crippen LogP contribution < -0.4 is 19.6 Å². The molecule has 174 valence electrons. The number of esters is 2. The molecule has 8 heteroatoms. The number of fused-ring (bicyclic) bond motifs is 1. The maximum atomic E-state index is 13.6. The van der Waals surface area contributed by atoms with Crippen LogP contribution in [0.3, 0.4) is 0 Å². The molecule has 2 aromatic carbocycles. The minimum Gasteiger partial charge on any atom is -0.463 e. The van der Waals surface area contributed by atoms with Gasteiger partial charge >= 0.3 is 11.9 Å². The lowest BCUT2D eigenvalue weighted by molar-refractivity contribution is -0.139. The molecule has 34 heavy (non-hydrogen) atoms. The van der Waals surface area contributed by atoms with Crippen molar-refractivity contribution in [2.45, 2.75) is 33.7 Å². The Kier molecular flexibility index (Phi) is 6.61. The van der Waals surface area contributed by atoms with E-state index < -0.39 is 18.0 Å². The summed E-state index contributed by atoms with van der Waals surface area (Å²) in [6.45, 7) is 7.00. The summed E-state index contributed by atoms with van der Waals surface area (Å²) < 4.78 is 12.5. The summed E-state index contributed by atoms with van der Waals surface area (Å²) in [4.78, 5) is 42.8. The van der Waals surface area contributed by atoms with Gasteiger partial charge in [0.15, 0.2) is 4.80 Å². The van der Waals surface area contributed by atoms with Crippen molar-refractivity contribution >= 4 is 29.4 Å². The average molecular weight is 477 g/mol. The summed E-state index contributed by atoms with van der Waals surface area (Å²) in [7, 11) is 0. The minimum absolute atomic E-state index is 0.200. The molecule has 0 N–H and O–H groups in total. The van der Waals surface area contributed by atoms with Crippen LogP contribution >= 0.6 is 11.3 Å². The lowest BCUT2D eigenvalue weighted by atomic mass is 9.96. The Morgan fingerprint density at radius 2 is 1.76 bits per heavy atom. The zero-order chi connectivity index (χ0) is 24.4. The van der Waals surface area contributed by atoms with Crippen LogP contribution in [-0.2, 0) is 14.3 Å². The quantitative estimate of drug-likeness (QED) is 0.417. The third-order valence-corrected chi connectivity index (χ3v) is 6.33. The number of nitrogens with zero attached hydrogens (tertiary/aromatic N) is 2. The lowest BCUT2D eigenvalue weighted by Crippen LogP contribution is -2.39. The van der Waals surface area contributed by atoms with Crippen LogP contribution in [0.2, 0.25) is 0 Å². The molecule has 0 radical (unpaired) electrons. The van der Waals surface area contributed by atoms with Crippen molar-refractivity contribution < 1.29 is 19.1 Å². The SMILES string of the molecule is CCOC(=O)C1=C(C)N=c2s/c(=C\c3ccc(C)cc3)c(=O)n2C1c1ccc(OC(C)=O)cc1. The van der Waals surface area contributed by atoms with Crippen molar-refractivity contribution in [3.8, 4) is 5.75 Å². The monoisotopic (exact) mass is 476 g/mol. The number of allylic oxidation sites excluding steroid dienone is 1. The Morgan fingerprint density at radius 3 is 2.38 bits per heavy atom. The van der Waals surface area contributed by atoms with Gasteiger partial charge in [0.2, 0.25) is 0 Å². The first-order valence-corrected chi connectivity index (χ1v) is 11.6. The number of carbonyl (C=O) groups excluding carboxylic acids is 2. The van der Waals surface area contributed by atoms with Crippen molar-refractivity contribution in [3.63, 3.8) is 0 Å². The molecule has 0 fully saturated rings. The largest absolute Gasteiger partial charge is 0.463 e. The van der Waals surface area contributed by atoms with E-state index >= 15 is 0 Å². The van der Waals surface area contributed by atoms with Crippen LogP contribution in [0.4, 0.5) is 0 Å². The van der Waals surface area contributed by atoms with Crippen LogP contribution in [0.25, 0.3) is 6.08 Å². The first kappa shape index (κ1) is 23.4. The van der Waals surface area contributed by atoms with Crippen LogP contribution in [0.1, 0.15) is 43.5 Å². The van der Waals surface area contributed by atoms with E-state index in [9.17, 15) is 14.4 Å². The Hall–Kier alpha value is -3.78. The van der Waals surface area contributed by atoms with E-state index in [1.54, 1.807) is 38.1 Å². The highest BCUT2D eigenvalue weighted by Gasteiger charge is 2.33. The number of aromatic nitrogens is 1. The van der Waals surface area contributed by atoms with Gasteiger partial charge in [-0.15, -0.1) is 0 Å². The zero-order valence-electron chi connectivity index (χ0n) is 19.3. The van der Waals surface area contributed by atoms with Crippen molar-refractivity contribution in [2.75, 3.05) is 6.61 Å². The number of carbonyl (C=O) groups is 2. The smallest absolute Gasteiger partial charge is 0.338 e. The molecule has 4 rings (SSSR count). The van der Waals surface area contributed by atoms with E-state index in [1.807, 2.05) is 37.3 Å². The molecule has 0 saturated carbocycles. The first-order chi connectivity index (χ1) is 16.3. The van der Waals surface area contributed by atoms with Crippen LogP contribution in [0, 0.1) is 6.92 Å². The molecule has 3 aromatic rings. The van der Waals surface area contributed by atoms with Gasteiger partial charge in [0.1, 0.15) is 5.75 Å². The van der Waals surface area contributed by atoms with Gasteiger partial charge in [0, 0.05) is 6.92 Å². The van der Waals surface area contributed by atoms with E-state index in [4.69, 9.17) is 9.47 Å². The molecule has 1 atom stereocenters. The summed E-state index contributed by atoms with van der Waals surface area (Å²) in [6, 6.07) is 13.9. The highest BCUT2D eigenvalue weighted by Crippen LogP contribution is 2.31. The van der Waals surface area contributed by atoms with Gasteiger partial charge in [-0.1, -0.05) is 53.3 Å². The van der Waals surface area contributed by atoms with E-state index in [1.165, 1.54) is 22.8 Å². The number of rotatable bonds is 5. The number of hydrogen-bond acceptors (Lipinski definition) is 7. The molecule has 7 nitrogen and oxygen atoms in total. The van der Waals surface area contributed by atoms with E-state index in [0.29, 0.717) is 31.9 Å². The van der Waals surface area contributed by atoms with E-state index in [-0.39, 0.29) is 12.2 Å². The zero-order valence-corrected chi connectivity index (χ0v) is 20.1. The second-order valence-corrected chi connectivity index (χ2v) is 8.88. The second kappa shape index (κ2) is 9.61. The normalized spacial score (nSPS) is 15.5. The Balaban J connectivity index is 1.89. The number of aryl methyl sites for hydroxylation is 1. The average Bonchev–Trinajstić information content (AvgIpc) is 3.09. The maximum absolute atomic E-state index is 13.6. The van der Waals surface area contributed by atoms with Crippen molar-refractivity contribution in [2.24, 2.45) is 4.99 Å². The molecule has 1 aliphatic rings. The van der Waals surface area contributed by atoms with Gasteiger partial charge in [-0.25, -0.2) is 9.79 Å². The minimum atomic E-state index is -0.721. The van der Waals surface area contributed by atoms with Crippen LogP contribution in [0.15, 0.2) is 69.6 Å². The molecule has 0 saturated heterocycles. The molecule has 0 aliphatic carbocycles. The molecule has 0 spiro atoms. The lowest BCUT2D eigenvalue weighted by Gasteiger charge is -2.24.